The number of carbonyl (C=O) groups excluding carboxylic acids is 2. The summed E-state index contributed by atoms with van der Waals surface area (Å²) >= 11 is 7.54. The van der Waals surface area contributed by atoms with Crippen LogP contribution in [-0.2, 0) is 22.4 Å². The molecular formula is C25H30ClN5O4S. The van der Waals surface area contributed by atoms with Crippen LogP contribution in [0, 0.1) is 0 Å². The Morgan fingerprint density at radius 3 is 2.75 bits per heavy atom. The molecule has 2 aliphatic rings. The van der Waals surface area contributed by atoms with Crippen LogP contribution in [-0.4, -0.2) is 72.4 Å². The molecule has 0 radical (unpaired) electrons. The van der Waals surface area contributed by atoms with E-state index >= 15 is 0 Å². The number of rotatable bonds is 6. The smallest absolute Gasteiger partial charge is 0.280 e. The first kappa shape index (κ1) is 25.2. The predicted molar refractivity (Wildman–Crippen MR) is 139 cm³/mol. The van der Waals surface area contributed by atoms with E-state index in [-0.39, 0.29) is 17.9 Å². The lowest BCUT2D eigenvalue weighted by Crippen LogP contribution is -2.59. The minimum Gasteiger partial charge on any atom is -0.353 e. The van der Waals surface area contributed by atoms with Crippen molar-refractivity contribution in [1.82, 2.24) is 25.5 Å². The van der Waals surface area contributed by atoms with Gasteiger partial charge in [-0.15, -0.1) is 11.3 Å². The van der Waals surface area contributed by atoms with E-state index in [9.17, 15) is 9.59 Å². The molecule has 36 heavy (non-hydrogen) atoms. The van der Waals surface area contributed by atoms with Gasteiger partial charge >= 0.3 is 0 Å². The van der Waals surface area contributed by atoms with Crippen molar-refractivity contribution < 1.29 is 19.1 Å². The first-order valence-electron chi connectivity index (χ1n) is 12.0. The zero-order chi connectivity index (χ0) is 25.4. The second-order valence-corrected chi connectivity index (χ2v) is 11.0. The lowest BCUT2D eigenvalue weighted by molar-refractivity contribution is -0.228. The maximum atomic E-state index is 13.2. The molecule has 2 amide bonds. The Kier molecular flexibility index (Phi) is 7.06. The Bertz CT molecular complexity index is 1290. The van der Waals surface area contributed by atoms with Gasteiger partial charge in [-0.25, -0.2) is 4.98 Å². The van der Waals surface area contributed by atoms with E-state index in [0.717, 1.165) is 41.0 Å². The number of hydrogen-bond acceptors (Lipinski definition) is 7. The van der Waals surface area contributed by atoms with Gasteiger partial charge in [0.1, 0.15) is 5.69 Å². The summed E-state index contributed by atoms with van der Waals surface area (Å²) in [5.74, 6) is -1.33. The highest BCUT2D eigenvalue weighted by molar-refractivity contribution is 7.13. The molecule has 192 valence electrons. The Hall–Kier alpha value is -2.50. The number of ether oxygens (including phenoxy) is 2. The summed E-state index contributed by atoms with van der Waals surface area (Å²) in [5, 5.41) is 8.13. The number of hydrogen-bond donors (Lipinski definition) is 3. The topological polar surface area (TPSA) is 109 Å². The van der Waals surface area contributed by atoms with E-state index in [1.165, 1.54) is 11.3 Å². The van der Waals surface area contributed by atoms with Crippen LogP contribution in [0.15, 0.2) is 24.3 Å². The summed E-state index contributed by atoms with van der Waals surface area (Å²) in [6, 6.07) is 6.47. The van der Waals surface area contributed by atoms with Gasteiger partial charge in [0.05, 0.1) is 11.7 Å². The highest BCUT2D eigenvalue weighted by Gasteiger charge is 2.43. The zero-order valence-electron chi connectivity index (χ0n) is 20.5. The summed E-state index contributed by atoms with van der Waals surface area (Å²) in [7, 11) is 5.26. The molecule has 11 heteroatoms. The summed E-state index contributed by atoms with van der Waals surface area (Å²) < 4.78 is 11.4. The van der Waals surface area contributed by atoms with E-state index in [1.807, 2.05) is 6.07 Å². The van der Waals surface area contributed by atoms with E-state index in [0.29, 0.717) is 35.0 Å². The molecule has 0 spiro atoms. The number of methoxy groups -OCH3 is 2. The Morgan fingerprint density at radius 1 is 1.19 bits per heavy atom. The summed E-state index contributed by atoms with van der Waals surface area (Å²) in [5.41, 5.74) is 2.24. The SMILES string of the molecule is COC1(OC)CC[C@@H](NC(=O)c2nc3c(s2)CN(C)CC3)[C@@H](NC(=O)c2cc3cc(Cl)ccc3[nH]2)C1. The van der Waals surface area contributed by atoms with Gasteiger partial charge in [0.15, 0.2) is 10.8 Å². The summed E-state index contributed by atoms with van der Waals surface area (Å²) in [6.07, 6.45) is 2.40. The van der Waals surface area contributed by atoms with Crippen LogP contribution in [0.3, 0.4) is 0 Å². The van der Waals surface area contributed by atoms with Gasteiger partial charge in [-0.2, -0.15) is 0 Å². The normalized spacial score (nSPS) is 21.8. The van der Waals surface area contributed by atoms with Gasteiger partial charge in [0.2, 0.25) is 0 Å². The van der Waals surface area contributed by atoms with Gasteiger partial charge in [-0.1, -0.05) is 11.6 Å². The molecule has 3 heterocycles. The Balaban J connectivity index is 1.34. The summed E-state index contributed by atoms with van der Waals surface area (Å²) in [4.78, 5) is 37.5. The van der Waals surface area contributed by atoms with Crippen molar-refractivity contribution in [2.45, 2.75) is 50.1 Å². The fourth-order valence-corrected chi connectivity index (χ4v) is 6.33. The molecular weight excluding hydrogens is 502 g/mol. The number of aromatic nitrogens is 2. The number of nitrogens with one attached hydrogen (secondary N) is 3. The van der Waals surface area contributed by atoms with E-state index in [4.69, 9.17) is 21.1 Å². The average Bonchev–Trinajstić information content (AvgIpc) is 3.49. The van der Waals surface area contributed by atoms with Crippen LogP contribution in [0.4, 0.5) is 0 Å². The molecule has 1 aromatic carbocycles. The maximum absolute atomic E-state index is 13.2. The molecule has 2 atom stereocenters. The molecule has 1 fully saturated rings. The van der Waals surface area contributed by atoms with Gasteiger partial charge in [-0.05, 0) is 37.7 Å². The maximum Gasteiger partial charge on any atom is 0.280 e. The molecule has 1 saturated carbocycles. The minimum atomic E-state index is -0.835. The van der Waals surface area contributed by atoms with Crippen molar-refractivity contribution in [3.05, 3.63) is 50.6 Å². The fraction of sp³-hybridized carbons (Fsp3) is 0.480. The standard InChI is InChI=1S/C25H30ClN5O4S/c1-31-9-7-18-21(13-31)36-24(30-18)23(33)28-17-6-8-25(34-2,35-3)12-20(17)29-22(32)19-11-14-10-15(26)4-5-16(14)27-19/h4-5,10-11,17,20,27H,6-9,12-13H2,1-3H3,(H,28,33)(H,29,32)/t17-,20+/m1/s1. The van der Waals surface area contributed by atoms with Crippen molar-refractivity contribution in [3.8, 4) is 0 Å². The fourth-order valence-electron chi connectivity index (χ4n) is 5.06. The number of halogens is 1. The molecule has 0 unspecified atom stereocenters. The number of carbonyl (C=O) groups is 2. The molecule has 2 aromatic heterocycles. The molecule has 1 aliphatic heterocycles. The lowest BCUT2D eigenvalue weighted by atomic mass is 9.85. The number of benzene rings is 1. The Labute approximate surface area is 218 Å². The van der Waals surface area contributed by atoms with E-state index < -0.39 is 11.8 Å². The van der Waals surface area contributed by atoms with Crippen molar-refractivity contribution in [2.24, 2.45) is 0 Å². The van der Waals surface area contributed by atoms with Crippen LogP contribution < -0.4 is 10.6 Å². The highest BCUT2D eigenvalue weighted by Crippen LogP contribution is 2.33. The Morgan fingerprint density at radius 2 is 1.97 bits per heavy atom. The number of thiazole rings is 1. The van der Waals surface area contributed by atoms with Gasteiger partial charge < -0.3 is 30.0 Å². The van der Waals surface area contributed by atoms with Crippen molar-refractivity contribution >= 4 is 45.7 Å². The van der Waals surface area contributed by atoms with Crippen LogP contribution in [0.5, 0.6) is 0 Å². The molecule has 5 rings (SSSR count). The number of likely N-dealkylation sites (N-methyl/N-ethyl adjacent to an activating group) is 1. The first-order valence-corrected chi connectivity index (χ1v) is 13.2. The molecule has 0 saturated heterocycles. The van der Waals surface area contributed by atoms with E-state index in [2.05, 4.69) is 32.5 Å². The van der Waals surface area contributed by atoms with Gasteiger partial charge in [0.25, 0.3) is 11.8 Å². The number of fused-ring (bicyclic) bond motifs is 2. The molecule has 3 aromatic rings. The summed E-state index contributed by atoms with van der Waals surface area (Å²) in [6.45, 7) is 1.74. The molecule has 9 nitrogen and oxygen atoms in total. The molecule has 3 N–H and O–H groups in total. The van der Waals surface area contributed by atoms with Crippen LogP contribution in [0.25, 0.3) is 10.9 Å². The van der Waals surface area contributed by atoms with Crippen molar-refractivity contribution in [2.75, 3.05) is 27.8 Å². The van der Waals surface area contributed by atoms with Crippen molar-refractivity contribution in [3.63, 3.8) is 0 Å². The number of H-pyrrole nitrogens is 1. The minimum absolute atomic E-state index is 0.219. The van der Waals surface area contributed by atoms with Crippen LogP contribution in [0.2, 0.25) is 5.02 Å². The quantitative estimate of drug-likeness (QED) is 0.421. The first-order chi connectivity index (χ1) is 17.3. The third-order valence-electron chi connectivity index (χ3n) is 7.17. The molecule has 0 bridgehead atoms. The third kappa shape index (κ3) is 5.01. The van der Waals surface area contributed by atoms with Crippen molar-refractivity contribution in [1.29, 1.82) is 0 Å². The van der Waals surface area contributed by atoms with Crippen LogP contribution in [0.1, 0.15) is 50.1 Å². The monoisotopic (exact) mass is 531 g/mol. The third-order valence-corrected chi connectivity index (χ3v) is 8.49. The predicted octanol–water partition coefficient (Wildman–Crippen LogP) is 3.34. The van der Waals surface area contributed by atoms with E-state index in [1.54, 1.807) is 32.4 Å². The lowest BCUT2D eigenvalue weighted by Gasteiger charge is -2.43. The number of aromatic amines is 1. The van der Waals surface area contributed by atoms with Gasteiger partial charge in [0, 0.05) is 73.4 Å². The van der Waals surface area contributed by atoms with Crippen LogP contribution >= 0.6 is 22.9 Å². The number of nitrogens with zero attached hydrogens (tertiary/aromatic N) is 2. The largest absolute Gasteiger partial charge is 0.353 e. The number of amides is 2. The molecule has 1 aliphatic carbocycles. The highest BCUT2D eigenvalue weighted by atomic mass is 35.5. The average molecular weight is 532 g/mol. The second-order valence-electron chi connectivity index (χ2n) is 9.51. The zero-order valence-corrected chi connectivity index (χ0v) is 22.1. The second kappa shape index (κ2) is 10.1. The van der Waals surface area contributed by atoms with Gasteiger partial charge in [-0.3, -0.25) is 9.59 Å².